The number of rotatable bonds is 3. The molecular formula is C17H21NO4S. The molecule has 5 nitrogen and oxygen atoms in total. The second kappa shape index (κ2) is 5.46. The molecule has 1 spiro atoms. The van der Waals surface area contributed by atoms with Crippen molar-refractivity contribution in [2.45, 2.75) is 25.2 Å². The smallest absolute Gasteiger partial charge is 0.310 e. The van der Waals surface area contributed by atoms with Crippen LogP contribution in [0.5, 0.6) is 0 Å². The van der Waals surface area contributed by atoms with Crippen LogP contribution in [-0.2, 0) is 20.2 Å². The van der Waals surface area contributed by atoms with Gasteiger partial charge < -0.3 is 5.11 Å². The van der Waals surface area contributed by atoms with Crippen LogP contribution in [0.25, 0.3) is 5.57 Å². The summed E-state index contributed by atoms with van der Waals surface area (Å²) in [6.45, 7) is 2.65. The van der Waals surface area contributed by atoms with Crippen LogP contribution in [0.4, 0.5) is 0 Å². The van der Waals surface area contributed by atoms with E-state index in [1.165, 1.54) is 10.6 Å². The number of piperidine rings is 1. The van der Waals surface area contributed by atoms with Gasteiger partial charge >= 0.3 is 5.97 Å². The summed E-state index contributed by atoms with van der Waals surface area (Å²) in [5.41, 5.74) is 2.74. The fourth-order valence-corrected chi connectivity index (χ4v) is 4.59. The van der Waals surface area contributed by atoms with Gasteiger partial charge in [0.2, 0.25) is 10.0 Å². The van der Waals surface area contributed by atoms with E-state index >= 15 is 0 Å². The molecule has 124 valence electrons. The molecule has 3 rings (SSSR count). The third kappa shape index (κ3) is 2.70. The lowest BCUT2D eigenvalue weighted by atomic mass is 9.75. The molecule has 1 saturated heterocycles. The Balaban J connectivity index is 1.99. The summed E-state index contributed by atoms with van der Waals surface area (Å²) in [7, 11) is -3.17. The van der Waals surface area contributed by atoms with Crippen LogP contribution in [0.3, 0.4) is 0 Å². The van der Waals surface area contributed by atoms with E-state index in [0.29, 0.717) is 25.9 Å². The molecule has 2 aliphatic rings. The highest BCUT2D eigenvalue weighted by Crippen LogP contribution is 2.49. The number of carboxylic acids is 1. The zero-order valence-electron chi connectivity index (χ0n) is 13.3. The number of carbonyl (C=O) groups is 1. The van der Waals surface area contributed by atoms with E-state index in [2.05, 4.69) is 6.08 Å². The van der Waals surface area contributed by atoms with Crippen LogP contribution >= 0.6 is 0 Å². The van der Waals surface area contributed by atoms with Gasteiger partial charge in [-0.15, -0.1) is 0 Å². The van der Waals surface area contributed by atoms with Crippen molar-refractivity contribution in [2.24, 2.45) is 5.92 Å². The Labute approximate surface area is 136 Å². The number of fused-ring (bicyclic) bond motifs is 2. The van der Waals surface area contributed by atoms with Crippen molar-refractivity contribution < 1.29 is 18.3 Å². The fourth-order valence-electron chi connectivity index (χ4n) is 3.74. The number of carboxylic acid groups (broad SMARTS) is 1. The lowest BCUT2D eigenvalue weighted by Crippen LogP contribution is -2.43. The van der Waals surface area contributed by atoms with Crippen LogP contribution in [0.1, 0.15) is 30.9 Å². The van der Waals surface area contributed by atoms with Crippen molar-refractivity contribution in [3.63, 3.8) is 0 Å². The molecule has 1 aromatic carbocycles. The normalized spacial score (nSPS) is 21.7. The van der Waals surface area contributed by atoms with Crippen molar-refractivity contribution in [1.29, 1.82) is 0 Å². The summed E-state index contributed by atoms with van der Waals surface area (Å²) in [5, 5.41) is 9.38. The molecule has 1 aromatic rings. The molecule has 1 heterocycles. The first kappa shape index (κ1) is 16.2. The largest absolute Gasteiger partial charge is 0.481 e. The van der Waals surface area contributed by atoms with Crippen molar-refractivity contribution in [3.05, 3.63) is 41.5 Å². The minimum Gasteiger partial charge on any atom is -0.481 e. The molecule has 0 amide bonds. The summed E-state index contributed by atoms with van der Waals surface area (Å²) in [6.07, 6.45) is 4.69. The van der Waals surface area contributed by atoms with Gasteiger partial charge in [-0.05, 0) is 36.5 Å². The molecule has 0 saturated carbocycles. The molecule has 1 aliphatic carbocycles. The zero-order chi connectivity index (χ0) is 16.8. The highest BCUT2D eigenvalue weighted by Gasteiger charge is 2.43. The topological polar surface area (TPSA) is 74.7 Å². The molecular weight excluding hydrogens is 314 g/mol. The van der Waals surface area contributed by atoms with E-state index in [1.807, 2.05) is 24.3 Å². The van der Waals surface area contributed by atoms with Gasteiger partial charge in [-0.1, -0.05) is 30.3 Å². The second-order valence-electron chi connectivity index (χ2n) is 6.52. The average molecular weight is 335 g/mol. The van der Waals surface area contributed by atoms with Crippen molar-refractivity contribution in [3.8, 4) is 0 Å². The summed E-state index contributed by atoms with van der Waals surface area (Å²) in [4.78, 5) is 11.4. The van der Waals surface area contributed by atoms with Crippen molar-refractivity contribution in [1.82, 2.24) is 4.31 Å². The minimum atomic E-state index is -3.17. The van der Waals surface area contributed by atoms with E-state index in [9.17, 15) is 18.3 Å². The Bertz CT molecular complexity index is 774. The number of allylic oxidation sites excluding steroid dienone is 1. The lowest BCUT2D eigenvalue weighted by molar-refractivity contribution is -0.139. The van der Waals surface area contributed by atoms with Crippen LogP contribution in [-0.4, -0.2) is 43.1 Å². The first-order chi connectivity index (χ1) is 10.7. The predicted molar refractivity (Wildman–Crippen MR) is 88.5 cm³/mol. The summed E-state index contributed by atoms with van der Waals surface area (Å²) < 4.78 is 25.0. The third-order valence-corrected chi connectivity index (χ3v) is 6.43. The van der Waals surface area contributed by atoms with E-state index in [4.69, 9.17) is 0 Å². The average Bonchev–Trinajstić information content (AvgIpc) is 2.81. The van der Waals surface area contributed by atoms with Gasteiger partial charge in [-0.3, -0.25) is 4.79 Å². The highest BCUT2D eigenvalue weighted by atomic mass is 32.2. The van der Waals surface area contributed by atoms with Gasteiger partial charge in [-0.2, -0.15) is 0 Å². The van der Waals surface area contributed by atoms with Gasteiger partial charge in [0.05, 0.1) is 12.2 Å². The van der Waals surface area contributed by atoms with Gasteiger partial charge in [-0.25, -0.2) is 12.7 Å². The highest BCUT2D eigenvalue weighted by molar-refractivity contribution is 7.88. The maximum atomic E-state index is 11.7. The Hall–Kier alpha value is -1.66. The maximum absolute atomic E-state index is 11.7. The van der Waals surface area contributed by atoms with Crippen molar-refractivity contribution in [2.75, 3.05) is 19.3 Å². The first-order valence-electron chi connectivity index (χ1n) is 7.75. The monoisotopic (exact) mass is 335 g/mol. The Kier molecular flexibility index (Phi) is 3.84. The standard InChI is InChI=1S/C17H21NO4S/c1-12(16(19)20)14-11-17(15-6-4-3-5-13(14)15)7-9-18(10-8-17)23(2,21)22/h3-6,11-12H,7-10H2,1-2H3,(H,19,20). The van der Waals surface area contributed by atoms with Crippen LogP contribution < -0.4 is 0 Å². The minimum absolute atomic E-state index is 0.239. The number of hydrogen-bond donors (Lipinski definition) is 1. The van der Waals surface area contributed by atoms with Gasteiger partial charge in [0, 0.05) is 18.5 Å². The van der Waals surface area contributed by atoms with Gasteiger partial charge in [0.15, 0.2) is 0 Å². The Morgan fingerprint density at radius 3 is 2.43 bits per heavy atom. The van der Waals surface area contributed by atoms with Gasteiger partial charge in [0.25, 0.3) is 0 Å². The summed E-state index contributed by atoms with van der Waals surface area (Å²) in [5.74, 6) is -1.40. The molecule has 6 heteroatoms. The molecule has 23 heavy (non-hydrogen) atoms. The predicted octanol–water partition coefficient (Wildman–Crippen LogP) is 2.10. The number of hydrogen-bond acceptors (Lipinski definition) is 3. The number of sulfonamides is 1. The molecule has 0 bridgehead atoms. The van der Waals surface area contributed by atoms with Crippen molar-refractivity contribution >= 4 is 21.6 Å². The van der Waals surface area contributed by atoms with E-state index in [0.717, 1.165) is 16.7 Å². The Morgan fingerprint density at radius 2 is 1.87 bits per heavy atom. The van der Waals surface area contributed by atoms with E-state index < -0.39 is 21.9 Å². The molecule has 0 radical (unpaired) electrons. The SMILES string of the molecule is CC(C(=O)O)C1=CC2(CCN(S(C)(=O)=O)CC2)c2ccccc21. The molecule has 0 aromatic heterocycles. The second-order valence-corrected chi connectivity index (χ2v) is 8.51. The fraction of sp³-hybridized carbons (Fsp3) is 0.471. The lowest BCUT2D eigenvalue weighted by Gasteiger charge is -2.38. The number of aliphatic carboxylic acids is 1. The summed E-state index contributed by atoms with van der Waals surface area (Å²) >= 11 is 0. The maximum Gasteiger partial charge on any atom is 0.310 e. The molecule has 1 unspecified atom stereocenters. The van der Waals surface area contributed by atoms with E-state index in [1.54, 1.807) is 6.92 Å². The van der Waals surface area contributed by atoms with Crippen LogP contribution in [0.15, 0.2) is 30.3 Å². The number of benzene rings is 1. The Morgan fingerprint density at radius 1 is 1.26 bits per heavy atom. The molecule has 1 atom stereocenters. The quantitative estimate of drug-likeness (QED) is 0.918. The van der Waals surface area contributed by atoms with Crippen LogP contribution in [0.2, 0.25) is 0 Å². The first-order valence-corrected chi connectivity index (χ1v) is 9.60. The molecule has 1 N–H and O–H groups in total. The molecule has 1 aliphatic heterocycles. The number of nitrogens with zero attached hydrogens (tertiary/aromatic N) is 1. The third-order valence-electron chi connectivity index (χ3n) is 5.13. The van der Waals surface area contributed by atoms with E-state index in [-0.39, 0.29) is 5.41 Å². The summed E-state index contributed by atoms with van der Waals surface area (Å²) in [6, 6.07) is 7.90. The van der Waals surface area contributed by atoms with Gasteiger partial charge in [0.1, 0.15) is 0 Å². The molecule has 1 fully saturated rings. The zero-order valence-corrected chi connectivity index (χ0v) is 14.1. The van der Waals surface area contributed by atoms with Crippen LogP contribution in [0, 0.1) is 5.92 Å².